The third kappa shape index (κ3) is 5.83. The molecule has 0 bridgehead atoms. The molecule has 5 aromatic rings. The molecule has 44 heavy (non-hydrogen) atoms. The van der Waals surface area contributed by atoms with Gasteiger partial charge in [0.1, 0.15) is 5.82 Å². The summed E-state index contributed by atoms with van der Waals surface area (Å²) in [6.45, 7) is 15.8. The normalized spacial score (nSPS) is 16.8. The summed E-state index contributed by atoms with van der Waals surface area (Å²) in [5.41, 5.74) is 10.8. The van der Waals surface area contributed by atoms with Gasteiger partial charge in [0.25, 0.3) is 0 Å². The van der Waals surface area contributed by atoms with Crippen LogP contribution < -0.4 is 4.90 Å². The highest BCUT2D eigenvalue weighted by Crippen LogP contribution is 2.65. The minimum absolute atomic E-state index is 0.0454. The second kappa shape index (κ2) is 12.4. The van der Waals surface area contributed by atoms with Crippen LogP contribution in [0.5, 0.6) is 0 Å². The van der Waals surface area contributed by atoms with E-state index in [-0.39, 0.29) is 10.8 Å². The van der Waals surface area contributed by atoms with Crippen LogP contribution >= 0.6 is 0 Å². The molecule has 3 aromatic carbocycles. The van der Waals surface area contributed by atoms with Crippen LogP contribution in [-0.4, -0.2) is 28.6 Å². The number of rotatable bonds is 7. The first-order chi connectivity index (χ1) is 21.0. The number of hydrogen-bond acceptors (Lipinski definition) is 3. The lowest BCUT2D eigenvalue weighted by atomic mass is 9.86. The molecule has 0 aliphatic heterocycles. The van der Waals surface area contributed by atoms with E-state index in [4.69, 9.17) is 9.97 Å². The van der Waals surface area contributed by atoms with Crippen LogP contribution in [0.1, 0.15) is 78.4 Å². The predicted molar refractivity (Wildman–Crippen MR) is 188 cm³/mol. The molecule has 0 amide bonds. The largest absolute Gasteiger partial charge is 0.376 e. The van der Waals surface area contributed by atoms with Crippen molar-refractivity contribution >= 4 is 5.69 Å². The van der Waals surface area contributed by atoms with Crippen LogP contribution in [-0.2, 0) is 5.41 Å². The van der Waals surface area contributed by atoms with Crippen molar-refractivity contribution in [2.24, 2.45) is 5.41 Å². The number of imidazole rings is 1. The van der Waals surface area contributed by atoms with Gasteiger partial charge in [-0.05, 0) is 58.2 Å². The molecule has 1 aliphatic carbocycles. The molecule has 1 saturated carbocycles. The van der Waals surface area contributed by atoms with E-state index in [0.717, 1.165) is 34.9 Å². The molecule has 228 valence electrons. The quantitative estimate of drug-likeness (QED) is 0.191. The molecule has 6 rings (SSSR count). The number of anilines is 1. The fraction of sp³-hybridized carbons (Fsp3) is 0.350. The third-order valence-electron chi connectivity index (χ3n) is 9.23. The summed E-state index contributed by atoms with van der Waals surface area (Å²) in [5, 5.41) is 0. The summed E-state index contributed by atoms with van der Waals surface area (Å²) >= 11 is 0. The zero-order chi connectivity index (χ0) is 31.6. The van der Waals surface area contributed by atoms with Gasteiger partial charge in [-0.2, -0.15) is 0 Å². The summed E-state index contributed by atoms with van der Waals surface area (Å²) < 4.78 is 2.25. The highest BCUT2D eigenvalue weighted by molar-refractivity contribution is 5.78. The molecule has 0 spiro atoms. The van der Waals surface area contributed by atoms with Crippen molar-refractivity contribution in [3.63, 3.8) is 0 Å². The molecule has 2 heterocycles. The number of aromatic nitrogens is 3. The minimum atomic E-state index is 0.0454. The van der Waals surface area contributed by atoms with Crippen LogP contribution in [0.15, 0.2) is 97.5 Å². The molecule has 1 aliphatic rings. The maximum absolute atomic E-state index is 5.08. The van der Waals surface area contributed by atoms with Gasteiger partial charge in [-0.3, -0.25) is 9.55 Å². The average molecular weight is 585 g/mol. The number of nitrogens with zero attached hydrogens (tertiary/aromatic N) is 4. The summed E-state index contributed by atoms with van der Waals surface area (Å²) in [6.07, 6.45) is 8.52. The van der Waals surface area contributed by atoms with Crippen molar-refractivity contribution in [3.05, 3.63) is 109 Å². The summed E-state index contributed by atoms with van der Waals surface area (Å²) in [4.78, 5) is 12.3. The van der Waals surface area contributed by atoms with Crippen LogP contribution in [0, 0.1) is 5.41 Å². The van der Waals surface area contributed by atoms with E-state index >= 15 is 0 Å². The Balaban J connectivity index is 0.00000123. The second-order valence-electron chi connectivity index (χ2n) is 13.5. The van der Waals surface area contributed by atoms with Crippen molar-refractivity contribution < 1.29 is 0 Å². The van der Waals surface area contributed by atoms with Crippen molar-refractivity contribution in [1.82, 2.24) is 14.5 Å². The molecule has 4 nitrogen and oxygen atoms in total. The maximum atomic E-state index is 5.08. The Bertz CT molecular complexity index is 1730. The van der Waals surface area contributed by atoms with Crippen molar-refractivity contribution in [2.45, 2.75) is 72.6 Å². The molecule has 0 N–H and O–H groups in total. The van der Waals surface area contributed by atoms with Gasteiger partial charge in [0.15, 0.2) is 0 Å². The Hall–Kier alpha value is -4.18. The predicted octanol–water partition coefficient (Wildman–Crippen LogP) is 10.6. The third-order valence-corrected chi connectivity index (χ3v) is 9.23. The number of pyridine rings is 1. The minimum Gasteiger partial charge on any atom is -0.376 e. The first-order valence-corrected chi connectivity index (χ1v) is 16.0. The van der Waals surface area contributed by atoms with Crippen molar-refractivity contribution in [3.8, 4) is 39.5 Å². The van der Waals surface area contributed by atoms with E-state index in [1.807, 2.05) is 6.20 Å². The second-order valence-corrected chi connectivity index (χ2v) is 13.5. The lowest BCUT2D eigenvalue weighted by molar-refractivity contribution is 0.528. The van der Waals surface area contributed by atoms with Crippen molar-refractivity contribution in [1.29, 1.82) is 0 Å². The number of hydrogen-bond donors (Lipinski definition) is 0. The van der Waals surface area contributed by atoms with E-state index in [2.05, 4.69) is 163 Å². The maximum Gasteiger partial charge on any atom is 0.144 e. The molecular formula is C40H48N4. The summed E-state index contributed by atoms with van der Waals surface area (Å²) in [6, 6.07) is 28.2. The Morgan fingerprint density at radius 3 is 2.11 bits per heavy atom. The highest BCUT2D eigenvalue weighted by atomic mass is 15.1. The van der Waals surface area contributed by atoms with Gasteiger partial charge in [0.2, 0.25) is 0 Å². The van der Waals surface area contributed by atoms with Gasteiger partial charge >= 0.3 is 0 Å². The SMILES string of the molecule is CC(C)c1ccccc1-c1cc(-c2nccn2-c2ccc(-c3ccccc3)cc2N(C)C)c(C2(C)CC2(C)C)cn1.CCC. The number of benzene rings is 3. The first kappa shape index (κ1) is 31.3. The van der Waals surface area contributed by atoms with Crippen LogP contribution in [0.3, 0.4) is 0 Å². The Morgan fingerprint density at radius 2 is 1.48 bits per heavy atom. The molecule has 1 atom stereocenters. The van der Waals surface area contributed by atoms with Gasteiger partial charge < -0.3 is 4.90 Å². The molecular weight excluding hydrogens is 536 g/mol. The highest BCUT2D eigenvalue weighted by Gasteiger charge is 2.59. The topological polar surface area (TPSA) is 34.0 Å². The van der Waals surface area contributed by atoms with Gasteiger partial charge in [0, 0.05) is 49.2 Å². The zero-order valence-electron chi connectivity index (χ0n) is 28.0. The Morgan fingerprint density at radius 1 is 0.818 bits per heavy atom. The Kier molecular flexibility index (Phi) is 8.83. The standard InChI is InChI=1S/C37H40N4.C3H8/c1-25(2)28-15-11-12-16-29(28)32-22-30(31(23-39-32)37(5)24-36(37,3)4)35-38-19-20-41(35)33-18-17-27(21-34(33)40(6)7)26-13-9-8-10-14-26;1-3-2/h8-23,25H,24H2,1-7H3;3H2,1-2H3. The van der Waals surface area contributed by atoms with E-state index in [1.165, 1.54) is 34.2 Å². The van der Waals surface area contributed by atoms with Crippen LogP contribution in [0.2, 0.25) is 0 Å². The molecule has 1 fully saturated rings. The van der Waals surface area contributed by atoms with E-state index in [0.29, 0.717) is 5.92 Å². The van der Waals surface area contributed by atoms with Crippen molar-refractivity contribution in [2.75, 3.05) is 19.0 Å². The summed E-state index contributed by atoms with van der Waals surface area (Å²) in [7, 11) is 4.22. The average Bonchev–Trinajstić information content (AvgIpc) is 3.31. The van der Waals surface area contributed by atoms with Crippen LogP contribution in [0.25, 0.3) is 39.5 Å². The molecule has 1 unspecified atom stereocenters. The lowest BCUT2D eigenvalue weighted by Gasteiger charge is -2.23. The van der Waals surface area contributed by atoms with E-state index in [9.17, 15) is 0 Å². The van der Waals surface area contributed by atoms with Gasteiger partial charge in [-0.1, -0.05) is 116 Å². The fourth-order valence-electron chi connectivity index (χ4n) is 6.35. The van der Waals surface area contributed by atoms with Gasteiger partial charge in [0.05, 0.1) is 17.1 Å². The summed E-state index contributed by atoms with van der Waals surface area (Å²) in [5.74, 6) is 1.36. The van der Waals surface area contributed by atoms with E-state index in [1.54, 1.807) is 0 Å². The molecule has 4 heteroatoms. The molecule has 0 saturated heterocycles. The lowest BCUT2D eigenvalue weighted by Crippen LogP contribution is -2.15. The van der Waals surface area contributed by atoms with E-state index < -0.39 is 0 Å². The van der Waals surface area contributed by atoms with Gasteiger partial charge in [-0.15, -0.1) is 0 Å². The Labute approximate surface area is 264 Å². The zero-order valence-corrected chi connectivity index (χ0v) is 28.0. The van der Waals surface area contributed by atoms with Crippen LogP contribution in [0.4, 0.5) is 5.69 Å². The van der Waals surface area contributed by atoms with Gasteiger partial charge in [-0.25, -0.2) is 4.98 Å². The monoisotopic (exact) mass is 584 g/mol. The first-order valence-electron chi connectivity index (χ1n) is 16.0. The fourth-order valence-corrected chi connectivity index (χ4v) is 6.35. The molecule has 2 aromatic heterocycles. The molecule has 0 radical (unpaired) electrons. The smallest absolute Gasteiger partial charge is 0.144 e.